The first-order valence-electron chi connectivity index (χ1n) is 7.37. The van der Waals surface area contributed by atoms with E-state index in [0.29, 0.717) is 6.10 Å². The van der Waals surface area contributed by atoms with E-state index in [1.807, 2.05) is 0 Å². The summed E-state index contributed by atoms with van der Waals surface area (Å²) in [6.07, 6.45) is 5.30. The van der Waals surface area contributed by atoms with Crippen LogP contribution >= 0.6 is 15.9 Å². The minimum Gasteiger partial charge on any atom is -0.385 e. The van der Waals surface area contributed by atoms with Gasteiger partial charge in [-0.25, -0.2) is 0 Å². The fourth-order valence-electron chi connectivity index (χ4n) is 2.84. The van der Waals surface area contributed by atoms with E-state index in [1.165, 1.54) is 35.7 Å². The van der Waals surface area contributed by atoms with E-state index in [2.05, 4.69) is 57.6 Å². The van der Waals surface area contributed by atoms with Gasteiger partial charge in [0.1, 0.15) is 0 Å². The topological polar surface area (TPSA) is 21.3 Å². The third-order valence-electron chi connectivity index (χ3n) is 3.91. The molecule has 1 saturated heterocycles. The van der Waals surface area contributed by atoms with E-state index >= 15 is 0 Å². The molecule has 1 fully saturated rings. The number of rotatable bonds is 5. The fourth-order valence-corrected chi connectivity index (χ4v) is 3.32. The molecule has 0 bridgehead atoms. The zero-order chi connectivity index (χ0) is 13.8. The second-order valence-corrected chi connectivity index (χ2v) is 6.20. The van der Waals surface area contributed by atoms with Crippen molar-refractivity contribution in [3.63, 3.8) is 0 Å². The Bertz CT molecular complexity index is 578. The molecule has 106 valence electrons. The zero-order valence-electron chi connectivity index (χ0n) is 11.6. The van der Waals surface area contributed by atoms with Crippen LogP contribution in [0.4, 0.5) is 5.69 Å². The quantitative estimate of drug-likeness (QED) is 0.779. The maximum absolute atomic E-state index is 5.66. The van der Waals surface area contributed by atoms with Crippen LogP contribution in [0.1, 0.15) is 25.7 Å². The lowest BCUT2D eigenvalue weighted by Crippen LogP contribution is -2.09. The number of fused-ring (bicyclic) bond motifs is 1. The molecule has 0 amide bonds. The second kappa shape index (κ2) is 6.59. The summed E-state index contributed by atoms with van der Waals surface area (Å²) in [6, 6.07) is 12.8. The van der Waals surface area contributed by atoms with Crippen molar-refractivity contribution in [3.05, 3.63) is 40.9 Å². The van der Waals surface area contributed by atoms with Crippen LogP contribution in [0.2, 0.25) is 0 Å². The van der Waals surface area contributed by atoms with Gasteiger partial charge in [0.25, 0.3) is 0 Å². The zero-order valence-corrected chi connectivity index (χ0v) is 13.2. The van der Waals surface area contributed by atoms with E-state index in [-0.39, 0.29) is 0 Å². The Labute approximate surface area is 128 Å². The van der Waals surface area contributed by atoms with Crippen molar-refractivity contribution >= 4 is 32.4 Å². The Kier molecular flexibility index (Phi) is 4.58. The lowest BCUT2D eigenvalue weighted by Gasteiger charge is -2.12. The van der Waals surface area contributed by atoms with Gasteiger partial charge in [0.2, 0.25) is 0 Å². The van der Waals surface area contributed by atoms with Gasteiger partial charge in [0, 0.05) is 28.7 Å². The molecule has 3 rings (SSSR count). The Morgan fingerprint density at radius 3 is 2.80 bits per heavy atom. The van der Waals surface area contributed by atoms with Crippen LogP contribution in [0.25, 0.3) is 10.8 Å². The van der Waals surface area contributed by atoms with Gasteiger partial charge < -0.3 is 10.1 Å². The first kappa shape index (κ1) is 13.9. The smallest absolute Gasteiger partial charge is 0.0576 e. The van der Waals surface area contributed by atoms with Gasteiger partial charge >= 0.3 is 0 Å². The second-order valence-electron chi connectivity index (χ2n) is 5.34. The first-order valence-corrected chi connectivity index (χ1v) is 8.16. The molecule has 1 aliphatic rings. The molecule has 1 aliphatic heterocycles. The lowest BCUT2D eigenvalue weighted by atomic mass is 10.1. The van der Waals surface area contributed by atoms with Crippen molar-refractivity contribution < 1.29 is 4.74 Å². The molecule has 0 radical (unpaired) electrons. The summed E-state index contributed by atoms with van der Waals surface area (Å²) in [6.45, 7) is 1.96. The molecule has 2 aromatic carbocycles. The third-order valence-corrected chi connectivity index (χ3v) is 4.60. The molecular weight excluding hydrogens is 314 g/mol. The fraction of sp³-hybridized carbons (Fsp3) is 0.412. The SMILES string of the molecule is Brc1ccc(NCCCC2CCCO2)c2ccccc12. The van der Waals surface area contributed by atoms with Gasteiger partial charge in [-0.05, 0) is 43.2 Å². The van der Waals surface area contributed by atoms with Crippen LogP contribution in [0.3, 0.4) is 0 Å². The summed E-state index contributed by atoms with van der Waals surface area (Å²) >= 11 is 3.61. The molecule has 1 heterocycles. The maximum Gasteiger partial charge on any atom is 0.0576 e. The number of hydrogen-bond acceptors (Lipinski definition) is 2. The monoisotopic (exact) mass is 333 g/mol. The standard InChI is InChI=1S/C17H20BrNO/c18-16-9-10-17(15-8-2-1-7-14(15)16)19-11-3-5-13-6-4-12-20-13/h1-2,7-10,13,19H,3-6,11-12H2. The maximum atomic E-state index is 5.66. The highest BCUT2D eigenvalue weighted by atomic mass is 79.9. The van der Waals surface area contributed by atoms with Crippen LogP contribution < -0.4 is 5.32 Å². The average Bonchev–Trinajstić information content (AvgIpc) is 2.99. The van der Waals surface area contributed by atoms with Crippen LogP contribution in [-0.2, 0) is 4.74 Å². The van der Waals surface area contributed by atoms with Crippen LogP contribution in [0, 0.1) is 0 Å². The van der Waals surface area contributed by atoms with Gasteiger partial charge in [-0.3, -0.25) is 0 Å². The van der Waals surface area contributed by atoms with Crippen LogP contribution in [0.5, 0.6) is 0 Å². The number of halogens is 1. The molecule has 0 aliphatic carbocycles. The first-order chi connectivity index (χ1) is 9.84. The number of ether oxygens (including phenoxy) is 1. The molecule has 3 heteroatoms. The third kappa shape index (κ3) is 3.15. The van der Waals surface area contributed by atoms with E-state index in [1.54, 1.807) is 0 Å². The Morgan fingerprint density at radius 2 is 2.00 bits per heavy atom. The highest BCUT2D eigenvalue weighted by Crippen LogP contribution is 2.30. The van der Waals surface area contributed by atoms with Crippen molar-refractivity contribution in [1.29, 1.82) is 0 Å². The van der Waals surface area contributed by atoms with Crippen molar-refractivity contribution in [2.45, 2.75) is 31.8 Å². The molecule has 2 nitrogen and oxygen atoms in total. The van der Waals surface area contributed by atoms with Gasteiger partial charge in [0.05, 0.1) is 6.10 Å². The predicted octanol–water partition coefficient (Wildman–Crippen LogP) is 4.97. The minimum absolute atomic E-state index is 0.499. The Hall–Kier alpha value is -1.06. The number of hydrogen-bond donors (Lipinski definition) is 1. The summed E-state index contributed by atoms with van der Waals surface area (Å²) in [5.41, 5.74) is 1.22. The molecule has 2 aromatic rings. The van der Waals surface area contributed by atoms with Crippen molar-refractivity contribution in [3.8, 4) is 0 Å². The number of nitrogens with one attached hydrogen (secondary N) is 1. The van der Waals surface area contributed by atoms with Gasteiger partial charge in [-0.2, -0.15) is 0 Å². The van der Waals surface area contributed by atoms with Crippen molar-refractivity contribution in [1.82, 2.24) is 0 Å². The predicted molar refractivity (Wildman–Crippen MR) is 88.3 cm³/mol. The number of benzene rings is 2. The summed E-state index contributed by atoms with van der Waals surface area (Å²) in [5.74, 6) is 0. The summed E-state index contributed by atoms with van der Waals surface area (Å²) in [7, 11) is 0. The Morgan fingerprint density at radius 1 is 1.15 bits per heavy atom. The molecule has 0 saturated carbocycles. The van der Waals surface area contributed by atoms with Gasteiger partial charge in [0.15, 0.2) is 0 Å². The summed E-state index contributed by atoms with van der Waals surface area (Å²) in [5, 5.41) is 6.10. The minimum atomic E-state index is 0.499. The Balaban J connectivity index is 1.61. The lowest BCUT2D eigenvalue weighted by molar-refractivity contribution is 0.103. The van der Waals surface area contributed by atoms with E-state index < -0.39 is 0 Å². The van der Waals surface area contributed by atoms with Crippen molar-refractivity contribution in [2.75, 3.05) is 18.5 Å². The van der Waals surface area contributed by atoms with Crippen LogP contribution in [-0.4, -0.2) is 19.3 Å². The van der Waals surface area contributed by atoms with Crippen LogP contribution in [0.15, 0.2) is 40.9 Å². The highest BCUT2D eigenvalue weighted by Gasteiger charge is 2.14. The summed E-state index contributed by atoms with van der Waals surface area (Å²) in [4.78, 5) is 0. The largest absolute Gasteiger partial charge is 0.385 e. The normalized spacial score (nSPS) is 18.6. The summed E-state index contributed by atoms with van der Waals surface area (Å²) < 4.78 is 6.81. The molecule has 0 spiro atoms. The van der Waals surface area contributed by atoms with Gasteiger partial charge in [-0.1, -0.05) is 40.2 Å². The van der Waals surface area contributed by atoms with Crippen molar-refractivity contribution in [2.24, 2.45) is 0 Å². The molecule has 1 unspecified atom stereocenters. The van der Waals surface area contributed by atoms with E-state index in [4.69, 9.17) is 4.74 Å². The average molecular weight is 334 g/mol. The van der Waals surface area contributed by atoms with E-state index in [0.717, 1.165) is 24.0 Å². The molecular formula is C17H20BrNO. The molecule has 20 heavy (non-hydrogen) atoms. The highest BCUT2D eigenvalue weighted by molar-refractivity contribution is 9.10. The molecule has 1 N–H and O–H groups in total. The van der Waals surface area contributed by atoms with Gasteiger partial charge in [-0.15, -0.1) is 0 Å². The number of anilines is 1. The van der Waals surface area contributed by atoms with E-state index in [9.17, 15) is 0 Å². The molecule has 1 atom stereocenters. The molecule has 0 aromatic heterocycles.